The summed E-state index contributed by atoms with van der Waals surface area (Å²) in [5, 5.41) is 17.3. The second-order valence-electron chi connectivity index (χ2n) is 5.93. The van der Waals surface area contributed by atoms with Gasteiger partial charge in [0.25, 0.3) is 11.5 Å². The van der Waals surface area contributed by atoms with Gasteiger partial charge in [-0.2, -0.15) is 14.5 Å². The molecule has 0 aliphatic heterocycles. The van der Waals surface area contributed by atoms with Gasteiger partial charge in [0.05, 0.1) is 17.6 Å². The van der Waals surface area contributed by atoms with E-state index in [2.05, 4.69) is 25.9 Å². The fourth-order valence-corrected chi connectivity index (χ4v) is 2.79. The lowest BCUT2D eigenvalue weighted by Gasteiger charge is -2.06. The molecule has 0 atom stereocenters. The number of tetrazole rings is 1. The number of benzene rings is 2. The summed E-state index contributed by atoms with van der Waals surface area (Å²) < 4.78 is 2.34. The summed E-state index contributed by atoms with van der Waals surface area (Å²) in [5.41, 5.74) is -0.0634. The van der Waals surface area contributed by atoms with E-state index in [-0.39, 0.29) is 24.3 Å². The van der Waals surface area contributed by atoms with E-state index in [0.717, 1.165) is 4.68 Å². The third-order valence-corrected chi connectivity index (χ3v) is 4.16. The molecule has 0 bridgehead atoms. The number of H-pyrrole nitrogens is 1. The average molecular weight is 377 g/mol. The lowest BCUT2D eigenvalue weighted by molar-refractivity contribution is 0.0947. The Labute approximate surface area is 157 Å². The van der Waals surface area contributed by atoms with Crippen LogP contribution in [0.25, 0.3) is 16.5 Å². The van der Waals surface area contributed by atoms with Crippen molar-refractivity contribution in [1.29, 1.82) is 0 Å². The minimum Gasteiger partial charge on any atom is -0.349 e. The number of aromatic nitrogens is 6. The first kappa shape index (κ1) is 17.3. The summed E-state index contributed by atoms with van der Waals surface area (Å²) in [6.45, 7) is 0.278. The molecule has 0 aliphatic rings. The standard InChI is InChI=1S/C18H15N7O3/c26-16-14-9-5-4-8-13(14)15(20-21-16)17(27)19-10-11-24-18(28)25(23-22-24)12-6-2-1-3-7-12/h1-9H,10-11H2,(H,19,27)(H,21,26). The summed E-state index contributed by atoms with van der Waals surface area (Å²) >= 11 is 0. The van der Waals surface area contributed by atoms with E-state index in [1.807, 2.05) is 6.07 Å². The van der Waals surface area contributed by atoms with E-state index < -0.39 is 11.6 Å². The van der Waals surface area contributed by atoms with Gasteiger partial charge in [-0.1, -0.05) is 36.4 Å². The molecule has 0 aliphatic carbocycles. The average Bonchev–Trinajstić information content (AvgIpc) is 3.09. The number of nitrogens with one attached hydrogen (secondary N) is 2. The Hall–Kier alpha value is -4.08. The Morgan fingerprint density at radius 2 is 1.68 bits per heavy atom. The highest BCUT2D eigenvalue weighted by Crippen LogP contribution is 2.11. The van der Waals surface area contributed by atoms with Crippen molar-refractivity contribution in [1.82, 2.24) is 35.3 Å². The lowest BCUT2D eigenvalue weighted by Crippen LogP contribution is -2.33. The van der Waals surface area contributed by atoms with Crippen LogP contribution in [0.3, 0.4) is 0 Å². The van der Waals surface area contributed by atoms with Gasteiger partial charge in [0, 0.05) is 11.9 Å². The maximum absolute atomic E-state index is 12.4. The Morgan fingerprint density at radius 3 is 2.46 bits per heavy atom. The number of nitrogens with zero attached hydrogens (tertiary/aromatic N) is 5. The van der Waals surface area contributed by atoms with Crippen molar-refractivity contribution >= 4 is 16.7 Å². The van der Waals surface area contributed by atoms with Crippen molar-refractivity contribution in [2.45, 2.75) is 6.54 Å². The molecule has 0 radical (unpaired) electrons. The van der Waals surface area contributed by atoms with Crippen LogP contribution in [-0.2, 0) is 6.54 Å². The Bertz CT molecular complexity index is 1260. The number of carbonyl (C=O) groups excluding carboxylic acids is 1. The highest BCUT2D eigenvalue weighted by molar-refractivity contribution is 6.04. The summed E-state index contributed by atoms with van der Waals surface area (Å²) in [6.07, 6.45) is 0. The van der Waals surface area contributed by atoms with E-state index in [9.17, 15) is 14.4 Å². The first-order chi connectivity index (χ1) is 13.6. The summed E-state index contributed by atoms with van der Waals surface area (Å²) in [6, 6.07) is 15.6. The van der Waals surface area contributed by atoms with Crippen LogP contribution >= 0.6 is 0 Å². The maximum Gasteiger partial charge on any atom is 0.368 e. The molecule has 2 aromatic carbocycles. The molecule has 10 heteroatoms. The number of amides is 1. The fourth-order valence-electron chi connectivity index (χ4n) is 2.79. The number of carbonyl (C=O) groups is 1. The largest absolute Gasteiger partial charge is 0.368 e. The quantitative estimate of drug-likeness (QED) is 0.508. The second kappa shape index (κ2) is 7.27. The van der Waals surface area contributed by atoms with Crippen LogP contribution in [0.2, 0.25) is 0 Å². The topological polar surface area (TPSA) is 128 Å². The summed E-state index contributed by atoms with van der Waals surface area (Å²) in [5.74, 6) is -0.462. The van der Waals surface area contributed by atoms with Crippen LogP contribution in [0.5, 0.6) is 0 Å². The molecule has 0 saturated carbocycles. The molecule has 0 unspecified atom stereocenters. The molecule has 4 rings (SSSR count). The van der Waals surface area contributed by atoms with E-state index in [0.29, 0.717) is 16.5 Å². The van der Waals surface area contributed by atoms with Gasteiger partial charge in [-0.3, -0.25) is 9.59 Å². The molecule has 2 N–H and O–H groups in total. The zero-order valence-corrected chi connectivity index (χ0v) is 14.6. The number of aromatic amines is 1. The molecular weight excluding hydrogens is 362 g/mol. The van der Waals surface area contributed by atoms with Gasteiger partial charge in [-0.05, 0) is 28.6 Å². The second-order valence-corrected chi connectivity index (χ2v) is 5.93. The van der Waals surface area contributed by atoms with Crippen LogP contribution in [0, 0.1) is 0 Å². The molecule has 1 amide bonds. The highest BCUT2D eigenvalue weighted by Gasteiger charge is 2.14. The predicted molar refractivity (Wildman–Crippen MR) is 100 cm³/mol. The van der Waals surface area contributed by atoms with Crippen LogP contribution in [-0.4, -0.2) is 42.4 Å². The van der Waals surface area contributed by atoms with Crippen molar-refractivity contribution in [3.8, 4) is 5.69 Å². The zero-order chi connectivity index (χ0) is 19.5. The van der Waals surface area contributed by atoms with E-state index in [4.69, 9.17) is 0 Å². The lowest BCUT2D eigenvalue weighted by atomic mass is 10.1. The SMILES string of the molecule is O=C(NCCn1nnn(-c2ccccc2)c1=O)c1n[nH]c(=O)c2ccccc12. The zero-order valence-electron chi connectivity index (χ0n) is 14.6. The highest BCUT2D eigenvalue weighted by atomic mass is 16.2. The van der Waals surface area contributed by atoms with Crippen LogP contribution in [0.1, 0.15) is 10.5 Å². The molecule has 140 valence electrons. The minimum atomic E-state index is -0.462. The summed E-state index contributed by atoms with van der Waals surface area (Å²) in [4.78, 5) is 36.6. The first-order valence-corrected chi connectivity index (χ1v) is 8.49. The fraction of sp³-hybridized carbons (Fsp3) is 0.111. The van der Waals surface area contributed by atoms with E-state index in [1.165, 1.54) is 4.68 Å². The van der Waals surface area contributed by atoms with Crippen molar-refractivity contribution in [3.63, 3.8) is 0 Å². The first-order valence-electron chi connectivity index (χ1n) is 8.49. The van der Waals surface area contributed by atoms with Gasteiger partial charge in [0.1, 0.15) is 0 Å². The third kappa shape index (κ3) is 3.18. The number of fused-ring (bicyclic) bond motifs is 1. The third-order valence-electron chi connectivity index (χ3n) is 4.16. The molecule has 0 spiro atoms. The molecule has 10 nitrogen and oxygen atoms in total. The molecule has 28 heavy (non-hydrogen) atoms. The van der Waals surface area contributed by atoms with Crippen LogP contribution in [0.4, 0.5) is 0 Å². The molecule has 0 saturated heterocycles. The van der Waals surface area contributed by atoms with Gasteiger partial charge in [0.2, 0.25) is 0 Å². The van der Waals surface area contributed by atoms with Crippen molar-refractivity contribution < 1.29 is 4.79 Å². The van der Waals surface area contributed by atoms with Crippen LogP contribution in [0.15, 0.2) is 64.2 Å². The van der Waals surface area contributed by atoms with Crippen molar-refractivity contribution in [2.24, 2.45) is 0 Å². The van der Waals surface area contributed by atoms with Crippen LogP contribution < -0.4 is 16.6 Å². The normalized spacial score (nSPS) is 10.9. The number of para-hydroxylation sites is 1. The van der Waals surface area contributed by atoms with E-state index in [1.54, 1.807) is 48.5 Å². The molecule has 4 aromatic rings. The maximum atomic E-state index is 12.4. The number of hydrogen-bond donors (Lipinski definition) is 2. The smallest absolute Gasteiger partial charge is 0.349 e. The van der Waals surface area contributed by atoms with E-state index >= 15 is 0 Å². The Kier molecular flexibility index (Phi) is 4.50. The summed E-state index contributed by atoms with van der Waals surface area (Å²) in [7, 11) is 0. The molecule has 2 aromatic heterocycles. The minimum absolute atomic E-state index is 0.107. The Balaban J connectivity index is 1.47. The van der Waals surface area contributed by atoms with Gasteiger partial charge in [0.15, 0.2) is 5.69 Å². The van der Waals surface area contributed by atoms with Gasteiger partial charge < -0.3 is 5.32 Å². The van der Waals surface area contributed by atoms with Crippen molar-refractivity contribution in [2.75, 3.05) is 6.54 Å². The predicted octanol–water partition coefficient (Wildman–Crippen LogP) is 0.0955. The van der Waals surface area contributed by atoms with Gasteiger partial charge in [-0.25, -0.2) is 9.89 Å². The Morgan fingerprint density at radius 1 is 0.964 bits per heavy atom. The molecular formula is C18H15N7O3. The van der Waals surface area contributed by atoms with Gasteiger partial charge in [-0.15, -0.1) is 0 Å². The van der Waals surface area contributed by atoms with Gasteiger partial charge >= 0.3 is 5.69 Å². The van der Waals surface area contributed by atoms with Crippen molar-refractivity contribution in [3.05, 3.63) is 81.1 Å². The number of rotatable bonds is 5. The number of hydrogen-bond acceptors (Lipinski definition) is 6. The molecule has 2 heterocycles. The molecule has 0 fully saturated rings. The monoisotopic (exact) mass is 377 g/mol.